The maximum absolute atomic E-state index is 13.8. The SMILES string of the molecule is CC(C)(C)C1=CC(=O)C(N2C3C4CCC(C4)C32)=C(N2C3C4CCC(C4)C32)C1=O. The zero-order valence-corrected chi connectivity index (χ0v) is 17.1. The maximum Gasteiger partial charge on any atom is 0.208 e. The minimum absolute atomic E-state index is 0.102. The summed E-state index contributed by atoms with van der Waals surface area (Å²) in [4.78, 5) is 32.0. The Balaban J connectivity index is 1.33. The summed E-state index contributed by atoms with van der Waals surface area (Å²) in [5.41, 5.74) is 2.02. The Morgan fingerprint density at radius 3 is 1.61 bits per heavy atom. The first-order chi connectivity index (χ1) is 13.4. The van der Waals surface area contributed by atoms with Crippen LogP contribution in [-0.4, -0.2) is 45.5 Å². The molecule has 8 atom stereocenters. The molecule has 2 aliphatic heterocycles. The lowest BCUT2D eigenvalue weighted by atomic mass is 9.79. The lowest BCUT2D eigenvalue weighted by molar-refractivity contribution is -0.118. The number of nitrogens with zero attached hydrogens (tertiary/aromatic N) is 2. The number of carbonyl (C=O) groups excluding carboxylic acids is 2. The van der Waals surface area contributed by atoms with Crippen molar-refractivity contribution in [2.24, 2.45) is 29.1 Å². The normalized spacial score (nSPS) is 47.8. The second-order valence-corrected chi connectivity index (χ2v) is 11.6. The van der Waals surface area contributed by atoms with Crippen molar-refractivity contribution < 1.29 is 9.59 Å². The van der Waals surface area contributed by atoms with Crippen molar-refractivity contribution in [3.63, 3.8) is 0 Å². The predicted octanol–water partition coefficient (Wildman–Crippen LogP) is 3.29. The number of hydrogen-bond donors (Lipinski definition) is 0. The molecule has 6 fully saturated rings. The average Bonchev–Trinajstić information content (AvgIpc) is 3.24. The highest BCUT2D eigenvalue weighted by Crippen LogP contribution is 2.64. The van der Waals surface area contributed by atoms with E-state index in [1.165, 1.54) is 38.5 Å². The fourth-order valence-corrected chi connectivity index (χ4v) is 8.17. The van der Waals surface area contributed by atoms with E-state index in [0.29, 0.717) is 29.7 Å². The third-order valence-electron chi connectivity index (χ3n) is 9.28. The van der Waals surface area contributed by atoms with Crippen LogP contribution >= 0.6 is 0 Å². The molecule has 2 heterocycles. The zero-order chi connectivity index (χ0) is 19.1. The van der Waals surface area contributed by atoms with Crippen LogP contribution in [0.25, 0.3) is 0 Å². The van der Waals surface area contributed by atoms with Gasteiger partial charge < -0.3 is 9.80 Å². The molecule has 0 aromatic carbocycles. The average molecular weight is 379 g/mol. The molecule has 8 unspecified atom stereocenters. The third kappa shape index (κ3) is 1.79. The molecule has 7 rings (SSSR count). The summed E-state index contributed by atoms with van der Waals surface area (Å²) in [5, 5.41) is 0. The Hall–Kier alpha value is -1.58. The number of fused-ring (bicyclic) bond motifs is 10. The Bertz CT molecular complexity index is 861. The van der Waals surface area contributed by atoms with Gasteiger partial charge in [0.15, 0.2) is 0 Å². The molecular formula is C24H30N2O2. The number of Topliss-reactive ketones (excluding diaryl/α,β-unsaturated/α-hetero) is 1. The van der Waals surface area contributed by atoms with E-state index in [2.05, 4.69) is 30.6 Å². The number of likely N-dealkylation sites (tertiary alicyclic amines) is 2. The molecule has 148 valence electrons. The van der Waals surface area contributed by atoms with Crippen LogP contribution in [0, 0.1) is 29.1 Å². The van der Waals surface area contributed by atoms with E-state index in [0.717, 1.165) is 35.1 Å². The van der Waals surface area contributed by atoms with Gasteiger partial charge >= 0.3 is 0 Å². The molecule has 4 saturated carbocycles. The summed E-state index contributed by atoms with van der Waals surface area (Å²) in [6.07, 6.45) is 9.63. The highest BCUT2D eigenvalue weighted by atomic mass is 16.1. The minimum Gasteiger partial charge on any atom is -0.356 e. The van der Waals surface area contributed by atoms with Crippen molar-refractivity contribution in [3.05, 3.63) is 23.0 Å². The van der Waals surface area contributed by atoms with Crippen LogP contribution in [0.5, 0.6) is 0 Å². The summed E-state index contributed by atoms with van der Waals surface area (Å²) in [6.45, 7) is 6.18. The second-order valence-electron chi connectivity index (χ2n) is 11.6. The number of hydrogen-bond acceptors (Lipinski definition) is 4. The topological polar surface area (TPSA) is 40.2 Å². The number of ketones is 2. The van der Waals surface area contributed by atoms with E-state index in [1.54, 1.807) is 6.08 Å². The van der Waals surface area contributed by atoms with Gasteiger partial charge in [0.05, 0.1) is 24.2 Å². The molecular weight excluding hydrogens is 348 g/mol. The van der Waals surface area contributed by atoms with E-state index in [4.69, 9.17) is 0 Å². The van der Waals surface area contributed by atoms with Crippen molar-refractivity contribution in [1.82, 2.24) is 9.80 Å². The van der Waals surface area contributed by atoms with Gasteiger partial charge in [0.1, 0.15) is 11.4 Å². The van der Waals surface area contributed by atoms with Crippen molar-refractivity contribution in [1.29, 1.82) is 0 Å². The van der Waals surface area contributed by atoms with Crippen molar-refractivity contribution in [2.45, 2.75) is 83.5 Å². The molecule has 0 aromatic heterocycles. The molecule has 0 spiro atoms. The maximum atomic E-state index is 13.8. The van der Waals surface area contributed by atoms with E-state index in [-0.39, 0.29) is 17.0 Å². The quantitative estimate of drug-likeness (QED) is 0.546. The number of rotatable bonds is 2. The van der Waals surface area contributed by atoms with E-state index in [9.17, 15) is 9.59 Å². The predicted molar refractivity (Wildman–Crippen MR) is 105 cm³/mol. The fourth-order valence-electron chi connectivity index (χ4n) is 8.17. The third-order valence-corrected chi connectivity index (χ3v) is 9.28. The Labute approximate surface area is 167 Å². The molecule has 7 aliphatic rings. The van der Waals surface area contributed by atoms with Gasteiger partial charge in [-0.1, -0.05) is 20.8 Å². The summed E-state index contributed by atoms with van der Waals surface area (Å²) < 4.78 is 0. The molecule has 4 heteroatoms. The van der Waals surface area contributed by atoms with Gasteiger partial charge in [0.25, 0.3) is 0 Å². The van der Waals surface area contributed by atoms with Gasteiger partial charge in [-0.05, 0) is 73.7 Å². The number of carbonyl (C=O) groups is 2. The summed E-state index contributed by atoms with van der Waals surface area (Å²) in [6, 6.07) is 2.16. The van der Waals surface area contributed by atoms with Crippen LogP contribution in [0.2, 0.25) is 0 Å². The molecule has 4 bridgehead atoms. The molecule has 0 radical (unpaired) electrons. The smallest absolute Gasteiger partial charge is 0.208 e. The van der Waals surface area contributed by atoms with Crippen LogP contribution in [0.15, 0.2) is 23.0 Å². The van der Waals surface area contributed by atoms with Gasteiger partial charge in [0, 0.05) is 5.57 Å². The molecule has 0 N–H and O–H groups in total. The molecule has 2 saturated heterocycles. The van der Waals surface area contributed by atoms with Gasteiger partial charge in [-0.3, -0.25) is 9.59 Å². The fraction of sp³-hybridized carbons (Fsp3) is 0.750. The van der Waals surface area contributed by atoms with E-state index in [1.807, 2.05) is 0 Å². The van der Waals surface area contributed by atoms with Gasteiger partial charge in [-0.25, -0.2) is 0 Å². The molecule has 0 amide bonds. The van der Waals surface area contributed by atoms with E-state index >= 15 is 0 Å². The first kappa shape index (κ1) is 16.2. The lowest BCUT2D eigenvalue weighted by Gasteiger charge is -2.30. The first-order valence-electron chi connectivity index (χ1n) is 11.5. The molecule has 4 nitrogen and oxygen atoms in total. The van der Waals surface area contributed by atoms with Crippen molar-refractivity contribution in [2.75, 3.05) is 0 Å². The van der Waals surface area contributed by atoms with Gasteiger partial charge in [-0.2, -0.15) is 0 Å². The van der Waals surface area contributed by atoms with Crippen LogP contribution in [0.1, 0.15) is 59.3 Å². The number of piperidine rings is 2. The summed E-state index contributed by atoms with van der Waals surface area (Å²) in [7, 11) is 0. The molecule has 0 aromatic rings. The van der Waals surface area contributed by atoms with Gasteiger partial charge in [-0.15, -0.1) is 0 Å². The van der Waals surface area contributed by atoms with Crippen molar-refractivity contribution >= 4 is 11.6 Å². The van der Waals surface area contributed by atoms with Gasteiger partial charge in [0.2, 0.25) is 11.6 Å². The molecule has 5 aliphatic carbocycles. The summed E-state index contributed by atoms with van der Waals surface area (Å²) >= 11 is 0. The second kappa shape index (κ2) is 4.76. The van der Waals surface area contributed by atoms with Crippen LogP contribution in [-0.2, 0) is 9.59 Å². The minimum atomic E-state index is -0.290. The largest absolute Gasteiger partial charge is 0.356 e. The summed E-state index contributed by atoms with van der Waals surface area (Å²) in [5.74, 6) is 3.26. The Morgan fingerprint density at radius 1 is 0.750 bits per heavy atom. The van der Waals surface area contributed by atoms with Crippen molar-refractivity contribution in [3.8, 4) is 0 Å². The highest BCUT2D eigenvalue weighted by molar-refractivity contribution is 6.23. The standard InChI is InChI=1S/C24H30N2O2/c1-24(2,3)15-10-16(27)21(25-17-11-4-5-12(8-11)18(17)25)22(23(15)28)26-19-13-6-7-14(9-13)20(19)26/h10-14,17-20H,4-9H2,1-3H3. The Morgan fingerprint density at radius 2 is 1.18 bits per heavy atom. The van der Waals surface area contributed by atoms with E-state index < -0.39 is 0 Å². The van der Waals surface area contributed by atoms with Crippen LogP contribution in [0.4, 0.5) is 0 Å². The first-order valence-corrected chi connectivity index (χ1v) is 11.5. The Kier molecular flexibility index (Phi) is 2.76. The highest BCUT2D eigenvalue weighted by Gasteiger charge is 2.69. The lowest BCUT2D eigenvalue weighted by Crippen LogP contribution is -2.35. The number of allylic oxidation sites excluding steroid dienone is 2. The van der Waals surface area contributed by atoms with Crippen LogP contribution in [0.3, 0.4) is 0 Å². The zero-order valence-electron chi connectivity index (χ0n) is 17.1. The molecule has 28 heavy (non-hydrogen) atoms. The monoisotopic (exact) mass is 378 g/mol. The van der Waals surface area contributed by atoms with Crippen LogP contribution < -0.4 is 0 Å².